The Morgan fingerprint density at radius 2 is 1.75 bits per heavy atom. The Labute approximate surface area is 207 Å². The summed E-state index contributed by atoms with van der Waals surface area (Å²) >= 11 is 0. The number of alkyl halides is 3. The summed E-state index contributed by atoms with van der Waals surface area (Å²) in [4.78, 5) is 4.44. The molecule has 0 N–H and O–H groups in total. The number of rotatable bonds is 9. The van der Waals surface area contributed by atoms with Gasteiger partial charge in [0.2, 0.25) is 0 Å². The molecule has 4 rings (SSSR count). The fourth-order valence-corrected chi connectivity index (χ4v) is 4.40. The number of unbranched alkanes of at least 4 members (excludes halogenated alkanes) is 1. The smallest absolute Gasteiger partial charge is 0.419 e. The van der Waals surface area contributed by atoms with E-state index in [0.29, 0.717) is 35.1 Å². The number of pyridine rings is 1. The van der Waals surface area contributed by atoms with Gasteiger partial charge in [-0.1, -0.05) is 19.4 Å². The van der Waals surface area contributed by atoms with Gasteiger partial charge in [0.25, 0.3) is 0 Å². The van der Waals surface area contributed by atoms with E-state index in [2.05, 4.69) is 4.98 Å². The quantitative estimate of drug-likeness (QED) is 0.236. The summed E-state index contributed by atoms with van der Waals surface area (Å²) in [5.74, 6) is 0.787. The van der Waals surface area contributed by atoms with Crippen LogP contribution in [-0.4, -0.2) is 30.7 Å². The van der Waals surface area contributed by atoms with E-state index in [1.807, 2.05) is 6.92 Å². The lowest BCUT2D eigenvalue weighted by molar-refractivity contribution is -0.136. The molecular weight excluding hydrogens is 493 g/mol. The highest BCUT2D eigenvalue weighted by molar-refractivity contribution is 7.90. The van der Waals surface area contributed by atoms with E-state index in [1.54, 1.807) is 42.6 Å². The van der Waals surface area contributed by atoms with Gasteiger partial charge in [-0.2, -0.15) is 13.2 Å². The first-order valence-corrected chi connectivity index (χ1v) is 13.2. The molecule has 0 fully saturated rings. The van der Waals surface area contributed by atoms with Crippen LogP contribution < -0.4 is 4.74 Å². The predicted molar refractivity (Wildman–Crippen MR) is 130 cm³/mol. The molecule has 0 aliphatic carbocycles. The minimum Gasteiger partial charge on any atom is -0.457 e. The Morgan fingerprint density at radius 3 is 2.42 bits per heavy atom. The minimum atomic E-state index is -4.55. The van der Waals surface area contributed by atoms with Gasteiger partial charge in [-0.3, -0.25) is 4.40 Å². The van der Waals surface area contributed by atoms with E-state index in [1.165, 1.54) is 22.6 Å². The predicted octanol–water partition coefficient (Wildman–Crippen LogP) is 6.53. The van der Waals surface area contributed by atoms with Crippen LogP contribution in [0.3, 0.4) is 0 Å². The molecule has 36 heavy (non-hydrogen) atoms. The second kappa shape index (κ2) is 10.3. The fourth-order valence-electron chi connectivity index (χ4n) is 3.74. The molecule has 2 aromatic carbocycles. The SMILES string of the molecule is CCCCOCc1nc2c(C(F)(F)F)cccn2c1-c1ccc(Oc2cccc(S(C)(=O)=O)c2)cc1. The molecule has 0 saturated heterocycles. The van der Waals surface area contributed by atoms with Gasteiger partial charge >= 0.3 is 6.18 Å². The van der Waals surface area contributed by atoms with Gasteiger partial charge in [0.1, 0.15) is 17.1 Å². The number of hydrogen-bond donors (Lipinski definition) is 0. The van der Waals surface area contributed by atoms with E-state index in [-0.39, 0.29) is 17.1 Å². The molecule has 0 atom stereocenters. The summed E-state index contributed by atoms with van der Waals surface area (Å²) in [6.45, 7) is 2.58. The molecule has 2 heterocycles. The zero-order valence-corrected chi connectivity index (χ0v) is 20.6. The van der Waals surface area contributed by atoms with E-state index in [9.17, 15) is 21.6 Å². The van der Waals surface area contributed by atoms with Crippen LogP contribution >= 0.6 is 0 Å². The first kappa shape index (κ1) is 25.7. The Bertz CT molecular complexity index is 1460. The molecule has 0 radical (unpaired) electrons. The Balaban J connectivity index is 1.69. The molecule has 0 bridgehead atoms. The van der Waals surface area contributed by atoms with Crippen LogP contribution in [0, 0.1) is 0 Å². The van der Waals surface area contributed by atoms with Gasteiger partial charge in [0.05, 0.1) is 28.5 Å². The zero-order valence-electron chi connectivity index (χ0n) is 19.7. The third-order valence-electron chi connectivity index (χ3n) is 5.51. The normalized spacial score (nSPS) is 12.2. The number of hydrogen-bond acceptors (Lipinski definition) is 5. The van der Waals surface area contributed by atoms with Crippen molar-refractivity contribution in [2.24, 2.45) is 0 Å². The number of aromatic nitrogens is 2. The number of benzene rings is 2. The first-order valence-electron chi connectivity index (χ1n) is 11.3. The van der Waals surface area contributed by atoms with Crippen LogP contribution in [0.15, 0.2) is 71.8 Å². The molecule has 6 nitrogen and oxygen atoms in total. The summed E-state index contributed by atoms with van der Waals surface area (Å²) in [7, 11) is -3.39. The average Bonchev–Trinajstić information content (AvgIpc) is 3.19. The standard InChI is InChI=1S/C26H25F3N2O4S/c1-3-4-15-34-17-23-24(31-14-6-9-22(25(31)30-23)26(27,28)29)18-10-12-19(13-11-18)35-20-7-5-8-21(16-20)36(2,32)33/h5-14,16H,3-4,15,17H2,1-2H3. The van der Waals surface area contributed by atoms with Crippen molar-refractivity contribution in [1.82, 2.24) is 9.38 Å². The van der Waals surface area contributed by atoms with E-state index < -0.39 is 21.6 Å². The first-order chi connectivity index (χ1) is 17.1. The van der Waals surface area contributed by atoms with Gasteiger partial charge in [0.15, 0.2) is 9.84 Å². The summed E-state index contributed by atoms with van der Waals surface area (Å²) in [6, 6.07) is 15.2. The van der Waals surface area contributed by atoms with E-state index in [0.717, 1.165) is 25.2 Å². The highest BCUT2D eigenvalue weighted by atomic mass is 32.2. The number of fused-ring (bicyclic) bond motifs is 1. The molecule has 2 aromatic heterocycles. The molecule has 0 aliphatic heterocycles. The molecule has 0 unspecified atom stereocenters. The molecule has 10 heteroatoms. The van der Waals surface area contributed by atoms with Crippen molar-refractivity contribution in [3.8, 4) is 22.8 Å². The van der Waals surface area contributed by atoms with Crippen LogP contribution in [0.25, 0.3) is 16.9 Å². The average molecular weight is 519 g/mol. The fraction of sp³-hybridized carbons (Fsp3) is 0.269. The Hall–Kier alpha value is -3.37. The molecule has 190 valence electrons. The van der Waals surface area contributed by atoms with Crippen LogP contribution in [0.5, 0.6) is 11.5 Å². The third-order valence-corrected chi connectivity index (χ3v) is 6.62. The Kier molecular flexibility index (Phi) is 7.37. The number of ether oxygens (including phenoxy) is 2. The maximum atomic E-state index is 13.6. The molecule has 4 aromatic rings. The summed E-state index contributed by atoms with van der Waals surface area (Å²) in [5.41, 5.74) is 0.521. The van der Waals surface area contributed by atoms with Gasteiger partial charge in [-0.25, -0.2) is 13.4 Å². The van der Waals surface area contributed by atoms with Gasteiger partial charge < -0.3 is 9.47 Å². The van der Waals surface area contributed by atoms with Crippen molar-refractivity contribution in [2.75, 3.05) is 12.9 Å². The number of sulfone groups is 1. The van der Waals surface area contributed by atoms with E-state index >= 15 is 0 Å². The summed E-state index contributed by atoms with van der Waals surface area (Å²) in [5, 5.41) is 0. The van der Waals surface area contributed by atoms with Gasteiger partial charge in [0, 0.05) is 24.6 Å². The van der Waals surface area contributed by atoms with Crippen molar-refractivity contribution in [2.45, 2.75) is 37.4 Å². The lowest BCUT2D eigenvalue weighted by atomic mass is 10.1. The second-order valence-corrected chi connectivity index (χ2v) is 10.3. The second-order valence-electron chi connectivity index (χ2n) is 8.30. The van der Waals surface area contributed by atoms with Gasteiger partial charge in [-0.05, 0) is 61.0 Å². The number of halogens is 3. The van der Waals surface area contributed by atoms with Gasteiger partial charge in [-0.15, -0.1) is 0 Å². The highest BCUT2D eigenvalue weighted by Gasteiger charge is 2.34. The topological polar surface area (TPSA) is 69.9 Å². The highest BCUT2D eigenvalue weighted by Crippen LogP contribution is 2.36. The van der Waals surface area contributed by atoms with Crippen molar-refractivity contribution in [3.63, 3.8) is 0 Å². The molecular formula is C26H25F3N2O4S. The van der Waals surface area contributed by atoms with Crippen LogP contribution in [0.1, 0.15) is 31.0 Å². The maximum absolute atomic E-state index is 13.6. The molecule has 0 aliphatic rings. The van der Waals surface area contributed by atoms with Crippen LogP contribution in [0.4, 0.5) is 13.2 Å². The zero-order chi connectivity index (χ0) is 25.9. The minimum absolute atomic E-state index is 0.0743. The largest absolute Gasteiger partial charge is 0.457 e. The maximum Gasteiger partial charge on any atom is 0.419 e. The molecule has 0 saturated carbocycles. The number of nitrogens with zero attached hydrogens (tertiary/aromatic N) is 2. The summed E-state index contributed by atoms with van der Waals surface area (Å²) < 4.78 is 77.4. The van der Waals surface area contributed by atoms with Crippen molar-refractivity contribution in [1.29, 1.82) is 0 Å². The van der Waals surface area contributed by atoms with Crippen LogP contribution in [0.2, 0.25) is 0 Å². The van der Waals surface area contributed by atoms with Crippen molar-refractivity contribution >= 4 is 15.5 Å². The van der Waals surface area contributed by atoms with E-state index in [4.69, 9.17) is 9.47 Å². The van der Waals surface area contributed by atoms with Crippen molar-refractivity contribution < 1.29 is 31.1 Å². The van der Waals surface area contributed by atoms with Crippen molar-refractivity contribution in [3.05, 3.63) is 78.1 Å². The molecule has 0 amide bonds. The lowest BCUT2D eigenvalue weighted by Crippen LogP contribution is -2.07. The lowest BCUT2D eigenvalue weighted by Gasteiger charge is -2.11. The van der Waals surface area contributed by atoms with Crippen LogP contribution in [-0.2, 0) is 27.4 Å². The number of imidazole rings is 1. The Morgan fingerprint density at radius 1 is 1.00 bits per heavy atom. The summed E-state index contributed by atoms with van der Waals surface area (Å²) in [6.07, 6.45) is -0.119. The molecule has 0 spiro atoms. The monoisotopic (exact) mass is 518 g/mol. The third kappa shape index (κ3) is 5.71.